The van der Waals surface area contributed by atoms with Crippen molar-refractivity contribution in [3.8, 4) is 0 Å². The lowest BCUT2D eigenvalue weighted by Gasteiger charge is -2.38. The Bertz CT molecular complexity index is 228. The van der Waals surface area contributed by atoms with Crippen LogP contribution < -0.4 is 5.73 Å². The molecule has 0 bridgehead atoms. The van der Waals surface area contributed by atoms with Crippen LogP contribution >= 0.6 is 0 Å². The molecule has 2 atom stereocenters. The van der Waals surface area contributed by atoms with Crippen molar-refractivity contribution in [3.05, 3.63) is 12.7 Å². The van der Waals surface area contributed by atoms with Gasteiger partial charge in [0.15, 0.2) is 0 Å². The van der Waals surface area contributed by atoms with Crippen LogP contribution in [0, 0.1) is 5.92 Å². The van der Waals surface area contributed by atoms with E-state index in [2.05, 4.69) is 13.5 Å². The zero-order valence-corrected chi connectivity index (χ0v) is 9.61. The minimum Gasteiger partial charge on any atom is -0.338 e. The van der Waals surface area contributed by atoms with Crippen LogP contribution in [0.1, 0.15) is 32.6 Å². The van der Waals surface area contributed by atoms with Gasteiger partial charge in [-0.3, -0.25) is 4.79 Å². The van der Waals surface area contributed by atoms with Crippen molar-refractivity contribution in [1.29, 1.82) is 0 Å². The Hall–Kier alpha value is -0.830. The third-order valence-electron chi connectivity index (χ3n) is 3.13. The van der Waals surface area contributed by atoms with Crippen LogP contribution in [-0.2, 0) is 4.79 Å². The molecule has 1 aliphatic heterocycles. The van der Waals surface area contributed by atoms with Crippen molar-refractivity contribution in [2.75, 3.05) is 13.1 Å². The Labute approximate surface area is 92.3 Å². The predicted molar refractivity (Wildman–Crippen MR) is 62.4 cm³/mol. The largest absolute Gasteiger partial charge is 0.338 e. The third-order valence-corrected chi connectivity index (χ3v) is 3.13. The van der Waals surface area contributed by atoms with Gasteiger partial charge in [0.2, 0.25) is 5.91 Å². The van der Waals surface area contributed by atoms with Gasteiger partial charge in [-0.1, -0.05) is 13.0 Å². The highest BCUT2D eigenvalue weighted by molar-refractivity contribution is 5.76. The van der Waals surface area contributed by atoms with Crippen LogP contribution in [0.25, 0.3) is 0 Å². The fourth-order valence-electron chi connectivity index (χ4n) is 2.17. The first kappa shape index (κ1) is 12.2. The lowest BCUT2D eigenvalue weighted by Crippen LogP contribution is -2.49. The molecule has 1 amide bonds. The molecule has 0 aromatic carbocycles. The predicted octanol–water partition coefficient (Wildman–Crippen LogP) is 1.54. The molecule has 0 saturated carbocycles. The van der Waals surface area contributed by atoms with E-state index in [0.29, 0.717) is 18.9 Å². The molecule has 3 heteroatoms. The van der Waals surface area contributed by atoms with Gasteiger partial charge in [0.25, 0.3) is 0 Å². The number of hydrogen-bond acceptors (Lipinski definition) is 2. The molecule has 2 N–H and O–H groups in total. The first-order chi connectivity index (χ1) is 7.19. The third kappa shape index (κ3) is 3.34. The van der Waals surface area contributed by atoms with Gasteiger partial charge in [-0.25, -0.2) is 0 Å². The van der Waals surface area contributed by atoms with Crippen LogP contribution in [0.2, 0.25) is 0 Å². The molecule has 2 unspecified atom stereocenters. The van der Waals surface area contributed by atoms with Gasteiger partial charge >= 0.3 is 0 Å². The number of carbonyl (C=O) groups excluding carboxylic acids is 1. The summed E-state index contributed by atoms with van der Waals surface area (Å²) in [4.78, 5) is 13.8. The zero-order chi connectivity index (χ0) is 11.3. The molecule has 0 aromatic heterocycles. The molecular weight excluding hydrogens is 188 g/mol. The Morgan fingerprint density at radius 1 is 1.67 bits per heavy atom. The number of nitrogens with two attached hydrogens (primary N) is 1. The van der Waals surface area contributed by atoms with Gasteiger partial charge in [0.05, 0.1) is 0 Å². The summed E-state index contributed by atoms with van der Waals surface area (Å²) in [6.45, 7) is 7.33. The Morgan fingerprint density at radius 2 is 2.40 bits per heavy atom. The molecule has 15 heavy (non-hydrogen) atoms. The number of nitrogens with zero attached hydrogens (tertiary/aromatic N) is 1. The van der Waals surface area contributed by atoms with E-state index < -0.39 is 0 Å². The number of allylic oxidation sites excluding steroid dienone is 1. The first-order valence-electron chi connectivity index (χ1n) is 5.79. The average Bonchev–Trinajstić information content (AvgIpc) is 2.25. The van der Waals surface area contributed by atoms with Gasteiger partial charge in [-0.15, -0.1) is 6.58 Å². The van der Waals surface area contributed by atoms with Crippen molar-refractivity contribution in [1.82, 2.24) is 4.90 Å². The molecule has 86 valence electrons. The SMILES string of the molecule is C=CCCC(=O)N1CCC(C)CC1CN. The highest BCUT2D eigenvalue weighted by Crippen LogP contribution is 2.22. The minimum atomic E-state index is 0.234. The smallest absolute Gasteiger partial charge is 0.223 e. The topological polar surface area (TPSA) is 46.3 Å². The van der Waals surface area contributed by atoms with Crippen molar-refractivity contribution >= 4 is 5.91 Å². The van der Waals surface area contributed by atoms with E-state index >= 15 is 0 Å². The first-order valence-corrected chi connectivity index (χ1v) is 5.79. The fraction of sp³-hybridized carbons (Fsp3) is 0.750. The van der Waals surface area contributed by atoms with Crippen LogP contribution in [0.15, 0.2) is 12.7 Å². The fourth-order valence-corrected chi connectivity index (χ4v) is 2.17. The van der Waals surface area contributed by atoms with Gasteiger partial charge in [0.1, 0.15) is 0 Å². The van der Waals surface area contributed by atoms with E-state index in [-0.39, 0.29) is 11.9 Å². The Morgan fingerprint density at radius 3 is 3.00 bits per heavy atom. The lowest BCUT2D eigenvalue weighted by molar-refractivity contribution is -0.135. The maximum Gasteiger partial charge on any atom is 0.223 e. The van der Waals surface area contributed by atoms with Gasteiger partial charge < -0.3 is 10.6 Å². The molecule has 1 heterocycles. The number of hydrogen-bond donors (Lipinski definition) is 1. The lowest BCUT2D eigenvalue weighted by atomic mass is 9.92. The van der Waals surface area contributed by atoms with E-state index in [1.54, 1.807) is 6.08 Å². The summed E-state index contributed by atoms with van der Waals surface area (Å²) in [5, 5.41) is 0. The zero-order valence-electron chi connectivity index (χ0n) is 9.61. The number of amides is 1. The van der Waals surface area contributed by atoms with E-state index in [1.165, 1.54) is 0 Å². The highest BCUT2D eigenvalue weighted by Gasteiger charge is 2.28. The molecule has 1 rings (SSSR count). The van der Waals surface area contributed by atoms with E-state index in [1.807, 2.05) is 4.90 Å². The molecule has 1 saturated heterocycles. The molecule has 3 nitrogen and oxygen atoms in total. The quantitative estimate of drug-likeness (QED) is 0.715. The summed E-state index contributed by atoms with van der Waals surface area (Å²) in [5.41, 5.74) is 5.71. The normalized spacial score (nSPS) is 26.4. The highest BCUT2D eigenvalue weighted by atomic mass is 16.2. The van der Waals surface area contributed by atoms with Gasteiger partial charge in [-0.2, -0.15) is 0 Å². The monoisotopic (exact) mass is 210 g/mol. The van der Waals surface area contributed by atoms with Crippen molar-refractivity contribution in [2.24, 2.45) is 11.7 Å². The van der Waals surface area contributed by atoms with Crippen LogP contribution in [0.3, 0.4) is 0 Å². The average molecular weight is 210 g/mol. The van der Waals surface area contributed by atoms with E-state index in [0.717, 1.165) is 25.8 Å². The summed E-state index contributed by atoms with van der Waals surface area (Å²) >= 11 is 0. The summed E-state index contributed by atoms with van der Waals surface area (Å²) in [6.07, 6.45) is 5.30. The molecule has 0 spiro atoms. The van der Waals surface area contributed by atoms with Gasteiger partial charge in [-0.05, 0) is 25.2 Å². The van der Waals surface area contributed by atoms with Crippen molar-refractivity contribution < 1.29 is 4.79 Å². The van der Waals surface area contributed by atoms with E-state index in [9.17, 15) is 4.79 Å². The molecular formula is C12H22N2O. The summed E-state index contributed by atoms with van der Waals surface area (Å²) in [5.74, 6) is 0.930. The van der Waals surface area contributed by atoms with E-state index in [4.69, 9.17) is 5.73 Å². The Kier molecular flexibility index (Phi) is 4.82. The van der Waals surface area contributed by atoms with Crippen LogP contribution in [0.4, 0.5) is 0 Å². The molecule has 0 aromatic rings. The van der Waals surface area contributed by atoms with Crippen molar-refractivity contribution in [3.63, 3.8) is 0 Å². The molecule has 0 radical (unpaired) electrons. The van der Waals surface area contributed by atoms with Gasteiger partial charge in [0, 0.05) is 25.6 Å². The summed E-state index contributed by atoms with van der Waals surface area (Å²) < 4.78 is 0. The molecule has 1 aliphatic rings. The van der Waals surface area contributed by atoms with Crippen LogP contribution in [0.5, 0.6) is 0 Å². The summed E-state index contributed by atoms with van der Waals surface area (Å²) in [7, 11) is 0. The van der Waals surface area contributed by atoms with Crippen LogP contribution in [-0.4, -0.2) is 29.9 Å². The van der Waals surface area contributed by atoms with Crippen molar-refractivity contribution in [2.45, 2.75) is 38.6 Å². The number of rotatable bonds is 4. The number of piperidine rings is 1. The summed E-state index contributed by atoms with van der Waals surface area (Å²) in [6, 6.07) is 0.256. The number of likely N-dealkylation sites (tertiary alicyclic amines) is 1. The number of carbonyl (C=O) groups is 1. The Balaban J connectivity index is 2.51. The minimum absolute atomic E-state index is 0.234. The second-order valence-electron chi connectivity index (χ2n) is 4.43. The molecule has 0 aliphatic carbocycles. The second-order valence-corrected chi connectivity index (χ2v) is 4.43. The second kappa shape index (κ2) is 5.91. The molecule has 1 fully saturated rings. The maximum atomic E-state index is 11.9. The standard InChI is InChI=1S/C12H22N2O/c1-3-4-5-12(15)14-7-6-10(2)8-11(14)9-13/h3,10-11H,1,4-9,13H2,2H3. The maximum absolute atomic E-state index is 11.9.